The van der Waals surface area contributed by atoms with Crippen molar-refractivity contribution in [3.05, 3.63) is 40.2 Å². The zero-order valence-electron chi connectivity index (χ0n) is 16.4. The molecule has 1 aromatic carbocycles. The van der Waals surface area contributed by atoms with Gasteiger partial charge in [-0.3, -0.25) is 9.48 Å². The summed E-state index contributed by atoms with van der Waals surface area (Å²) in [7, 11) is 0. The lowest BCUT2D eigenvalue weighted by molar-refractivity contribution is -0.141. The van der Waals surface area contributed by atoms with Crippen LogP contribution in [0, 0.1) is 6.92 Å². The molecule has 0 unspecified atom stereocenters. The quantitative estimate of drug-likeness (QED) is 0.592. The number of nitrogens with zero attached hydrogens (tertiary/aromatic N) is 2. The van der Waals surface area contributed by atoms with Crippen molar-refractivity contribution in [2.75, 3.05) is 19.8 Å². The van der Waals surface area contributed by atoms with Gasteiger partial charge >= 0.3 is 6.18 Å². The van der Waals surface area contributed by atoms with Crippen LogP contribution in [-0.4, -0.2) is 35.4 Å². The van der Waals surface area contributed by atoms with E-state index in [1.165, 1.54) is 11.6 Å². The number of ether oxygens (including phenoxy) is 2. The molecule has 0 fully saturated rings. The zero-order chi connectivity index (χ0) is 21.6. The van der Waals surface area contributed by atoms with Gasteiger partial charge in [-0.05, 0) is 45.4 Å². The maximum Gasteiger partial charge on any atom is 0.436 e. The average Bonchev–Trinajstić information content (AvgIpc) is 2.95. The number of hydrogen-bond donors (Lipinski definition) is 1. The van der Waals surface area contributed by atoms with Gasteiger partial charge in [0.15, 0.2) is 17.2 Å². The van der Waals surface area contributed by atoms with Crippen LogP contribution >= 0.6 is 11.6 Å². The van der Waals surface area contributed by atoms with Gasteiger partial charge in [-0.2, -0.15) is 18.3 Å². The number of carbonyl (C=O) groups is 1. The lowest BCUT2D eigenvalue weighted by Gasteiger charge is -2.12. The zero-order valence-corrected chi connectivity index (χ0v) is 17.2. The molecule has 0 bridgehead atoms. The molecule has 0 spiro atoms. The van der Waals surface area contributed by atoms with Gasteiger partial charge in [-0.25, -0.2) is 0 Å². The van der Waals surface area contributed by atoms with Crippen molar-refractivity contribution < 1.29 is 27.4 Å². The SMILES string of the molecule is CCOc1ccc(C(=O)NCCCn2nc(C(F)(F)F)c(Cl)c2C)cc1OCC. The summed E-state index contributed by atoms with van der Waals surface area (Å²) < 4.78 is 50.7. The molecule has 2 aromatic rings. The van der Waals surface area contributed by atoms with Crippen LogP contribution in [0.2, 0.25) is 5.02 Å². The fourth-order valence-corrected chi connectivity index (χ4v) is 2.89. The molecule has 1 amide bonds. The van der Waals surface area contributed by atoms with Crippen molar-refractivity contribution in [2.24, 2.45) is 0 Å². The summed E-state index contributed by atoms with van der Waals surface area (Å²) in [6, 6.07) is 4.88. The Morgan fingerprint density at radius 1 is 1.21 bits per heavy atom. The molecular weight excluding hydrogens is 411 g/mol. The van der Waals surface area contributed by atoms with E-state index in [-0.39, 0.29) is 24.7 Å². The molecular formula is C19H23ClF3N3O3. The maximum atomic E-state index is 12.9. The molecule has 1 heterocycles. The Kier molecular flexibility index (Phi) is 7.78. The highest BCUT2D eigenvalue weighted by atomic mass is 35.5. The van der Waals surface area contributed by atoms with Crippen molar-refractivity contribution in [1.82, 2.24) is 15.1 Å². The third kappa shape index (κ3) is 5.79. The average molecular weight is 434 g/mol. The van der Waals surface area contributed by atoms with Crippen molar-refractivity contribution in [1.29, 1.82) is 0 Å². The topological polar surface area (TPSA) is 65.4 Å². The second-order valence-electron chi connectivity index (χ2n) is 6.11. The molecule has 0 saturated heterocycles. The molecule has 6 nitrogen and oxygen atoms in total. The van der Waals surface area contributed by atoms with Crippen molar-refractivity contribution in [2.45, 2.75) is 39.9 Å². The molecule has 29 heavy (non-hydrogen) atoms. The van der Waals surface area contributed by atoms with E-state index in [4.69, 9.17) is 21.1 Å². The van der Waals surface area contributed by atoms with Gasteiger partial charge in [0.05, 0.1) is 23.9 Å². The number of nitrogens with one attached hydrogen (secondary N) is 1. The Labute approximate surface area is 171 Å². The monoisotopic (exact) mass is 433 g/mol. The number of halogens is 4. The summed E-state index contributed by atoms with van der Waals surface area (Å²) in [6.07, 6.45) is -4.22. The van der Waals surface area contributed by atoms with Crippen molar-refractivity contribution in [3.63, 3.8) is 0 Å². The first-order chi connectivity index (χ1) is 13.7. The standard InChI is InChI=1S/C19H23ClF3N3O3/c1-4-28-14-8-7-13(11-15(14)29-5-2)18(27)24-9-6-10-26-12(3)16(20)17(25-26)19(21,22)23/h7-8,11H,4-6,9-10H2,1-3H3,(H,24,27). The van der Waals surface area contributed by atoms with Gasteiger partial charge in [0.25, 0.3) is 5.91 Å². The van der Waals surface area contributed by atoms with Crippen LogP contribution in [0.25, 0.3) is 0 Å². The van der Waals surface area contributed by atoms with Gasteiger partial charge in [-0.15, -0.1) is 0 Å². The van der Waals surface area contributed by atoms with Crippen molar-refractivity contribution >= 4 is 17.5 Å². The van der Waals surface area contributed by atoms with E-state index >= 15 is 0 Å². The van der Waals surface area contributed by atoms with E-state index in [0.29, 0.717) is 36.7 Å². The van der Waals surface area contributed by atoms with Crippen LogP contribution in [0.5, 0.6) is 11.5 Å². The van der Waals surface area contributed by atoms with Gasteiger partial charge in [0, 0.05) is 18.7 Å². The summed E-state index contributed by atoms with van der Waals surface area (Å²) >= 11 is 5.72. The molecule has 2 rings (SSSR count). The van der Waals surface area contributed by atoms with Gasteiger partial charge < -0.3 is 14.8 Å². The molecule has 10 heteroatoms. The second-order valence-corrected chi connectivity index (χ2v) is 6.48. The van der Waals surface area contributed by atoms with Gasteiger partial charge in [0.1, 0.15) is 0 Å². The molecule has 0 radical (unpaired) electrons. The Morgan fingerprint density at radius 3 is 2.45 bits per heavy atom. The summed E-state index contributed by atoms with van der Waals surface area (Å²) in [5.74, 6) is 0.709. The lowest BCUT2D eigenvalue weighted by Crippen LogP contribution is -2.25. The first kappa shape index (κ1) is 22.9. The van der Waals surface area contributed by atoms with Crippen molar-refractivity contribution in [3.8, 4) is 11.5 Å². The number of rotatable bonds is 9. The third-order valence-corrected chi connectivity index (χ3v) is 4.49. The van der Waals surface area contributed by atoms with Crippen LogP contribution in [0.4, 0.5) is 13.2 Å². The summed E-state index contributed by atoms with van der Waals surface area (Å²) in [6.45, 7) is 6.50. The highest BCUT2D eigenvalue weighted by Gasteiger charge is 2.38. The number of aryl methyl sites for hydroxylation is 1. The minimum Gasteiger partial charge on any atom is -0.490 e. The fourth-order valence-electron chi connectivity index (χ4n) is 2.65. The first-order valence-corrected chi connectivity index (χ1v) is 9.54. The summed E-state index contributed by atoms with van der Waals surface area (Å²) in [5.41, 5.74) is -0.466. The number of aromatic nitrogens is 2. The van der Waals surface area contributed by atoms with E-state index in [0.717, 1.165) is 0 Å². The van der Waals surface area contributed by atoms with Crippen LogP contribution in [0.15, 0.2) is 18.2 Å². The number of hydrogen-bond acceptors (Lipinski definition) is 4. The predicted molar refractivity (Wildman–Crippen MR) is 103 cm³/mol. The molecule has 0 aliphatic heterocycles. The van der Waals surface area contributed by atoms with Gasteiger partial charge in [0.2, 0.25) is 0 Å². The minimum absolute atomic E-state index is 0.190. The smallest absolute Gasteiger partial charge is 0.436 e. The van der Waals surface area contributed by atoms with E-state index in [1.807, 2.05) is 13.8 Å². The Balaban J connectivity index is 1.94. The summed E-state index contributed by atoms with van der Waals surface area (Å²) in [5, 5.41) is 5.86. The predicted octanol–water partition coefficient (Wildman–Crippen LogP) is 4.48. The normalized spacial score (nSPS) is 11.4. The van der Waals surface area contributed by atoms with E-state index < -0.39 is 16.9 Å². The minimum atomic E-state index is -4.60. The molecule has 0 aliphatic rings. The highest BCUT2D eigenvalue weighted by molar-refractivity contribution is 6.31. The number of alkyl halides is 3. The molecule has 160 valence electrons. The molecule has 0 atom stereocenters. The maximum absolute atomic E-state index is 12.9. The van der Waals surface area contributed by atoms with E-state index in [1.54, 1.807) is 18.2 Å². The Morgan fingerprint density at radius 2 is 1.86 bits per heavy atom. The van der Waals surface area contributed by atoms with E-state index in [2.05, 4.69) is 10.4 Å². The third-order valence-electron chi connectivity index (χ3n) is 4.04. The van der Waals surface area contributed by atoms with Crippen LogP contribution in [0.3, 0.4) is 0 Å². The molecule has 0 aliphatic carbocycles. The molecule has 0 saturated carbocycles. The summed E-state index contributed by atoms with van der Waals surface area (Å²) in [4.78, 5) is 12.3. The number of amides is 1. The Bertz CT molecular complexity index is 853. The fraction of sp³-hybridized carbons (Fsp3) is 0.474. The first-order valence-electron chi connectivity index (χ1n) is 9.16. The largest absolute Gasteiger partial charge is 0.490 e. The second kappa shape index (κ2) is 9.87. The van der Waals surface area contributed by atoms with Crippen LogP contribution < -0.4 is 14.8 Å². The van der Waals surface area contributed by atoms with E-state index in [9.17, 15) is 18.0 Å². The lowest BCUT2D eigenvalue weighted by atomic mass is 10.2. The van der Waals surface area contributed by atoms with Crippen LogP contribution in [-0.2, 0) is 12.7 Å². The Hall–Kier alpha value is -2.42. The highest BCUT2D eigenvalue weighted by Crippen LogP contribution is 2.35. The van der Waals surface area contributed by atoms with Gasteiger partial charge in [-0.1, -0.05) is 11.6 Å². The number of benzene rings is 1. The van der Waals surface area contributed by atoms with Crippen LogP contribution in [0.1, 0.15) is 42.0 Å². The number of carbonyl (C=O) groups excluding carboxylic acids is 1. The molecule has 1 aromatic heterocycles. The molecule has 1 N–H and O–H groups in total.